The lowest BCUT2D eigenvalue weighted by molar-refractivity contribution is -0.122. The lowest BCUT2D eigenvalue weighted by Crippen LogP contribution is -2.27. The van der Waals surface area contributed by atoms with E-state index in [4.69, 9.17) is 16.3 Å². The Morgan fingerprint density at radius 1 is 1.23 bits per heavy atom. The molecule has 0 fully saturated rings. The van der Waals surface area contributed by atoms with Crippen molar-refractivity contribution in [2.45, 2.75) is 26.3 Å². The Labute approximate surface area is 136 Å². The Hall–Kier alpha value is -2.00. The monoisotopic (exact) mass is 317 g/mol. The summed E-state index contributed by atoms with van der Waals surface area (Å²) >= 11 is 5.96. The maximum absolute atomic E-state index is 11.9. The van der Waals surface area contributed by atoms with Gasteiger partial charge in [-0.05, 0) is 43.7 Å². The van der Waals surface area contributed by atoms with Crippen molar-refractivity contribution in [2.75, 3.05) is 6.61 Å². The normalized spacial score (nSPS) is 11.8. The molecule has 2 aromatic carbocycles. The number of amides is 1. The van der Waals surface area contributed by atoms with Crippen LogP contribution in [0, 0.1) is 6.92 Å². The van der Waals surface area contributed by atoms with Gasteiger partial charge in [-0.1, -0.05) is 41.4 Å². The zero-order valence-corrected chi connectivity index (χ0v) is 13.6. The fraction of sp³-hybridized carbons (Fsp3) is 0.278. The Morgan fingerprint density at radius 3 is 2.64 bits per heavy atom. The summed E-state index contributed by atoms with van der Waals surface area (Å²) in [6.07, 6.45) is 0.318. The lowest BCUT2D eigenvalue weighted by Gasteiger charge is -2.15. The van der Waals surface area contributed by atoms with Crippen LogP contribution in [0.15, 0.2) is 48.5 Å². The molecule has 22 heavy (non-hydrogen) atoms. The van der Waals surface area contributed by atoms with Gasteiger partial charge >= 0.3 is 0 Å². The summed E-state index contributed by atoms with van der Waals surface area (Å²) in [6.45, 7) is 4.32. The molecule has 0 aromatic heterocycles. The first-order valence-corrected chi connectivity index (χ1v) is 7.66. The van der Waals surface area contributed by atoms with E-state index < -0.39 is 0 Å². The maximum atomic E-state index is 11.9. The SMILES string of the molecule is Cc1ccc(OCCC(=O)NC(C)c2cccc(Cl)c2)cc1. The van der Waals surface area contributed by atoms with Crippen LogP contribution < -0.4 is 10.1 Å². The minimum absolute atomic E-state index is 0.0420. The predicted molar refractivity (Wildman–Crippen MR) is 89.3 cm³/mol. The van der Waals surface area contributed by atoms with Gasteiger partial charge in [0.25, 0.3) is 0 Å². The van der Waals surface area contributed by atoms with E-state index >= 15 is 0 Å². The van der Waals surface area contributed by atoms with Gasteiger partial charge in [-0.2, -0.15) is 0 Å². The molecule has 2 rings (SSSR count). The highest BCUT2D eigenvalue weighted by Crippen LogP contribution is 2.17. The van der Waals surface area contributed by atoms with E-state index in [1.165, 1.54) is 5.56 Å². The van der Waals surface area contributed by atoms with E-state index in [1.807, 2.05) is 62.4 Å². The summed E-state index contributed by atoms with van der Waals surface area (Å²) in [5.74, 6) is 0.737. The summed E-state index contributed by atoms with van der Waals surface area (Å²) in [7, 11) is 0. The summed E-state index contributed by atoms with van der Waals surface area (Å²) in [5.41, 5.74) is 2.17. The molecule has 116 valence electrons. The van der Waals surface area contributed by atoms with Crippen molar-refractivity contribution in [3.8, 4) is 5.75 Å². The van der Waals surface area contributed by atoms with Crippen molar-refractivity contribution in [1.82, 2.24) is 5.32 Å². The quantitative estimate of drug-likeness (QED) is 0.863. The van der Waals surface area contributed by atoms with E-state index in [-0.39, 0.29) is 11.9 Å². The van der Waals surface area contributed by atoms with Crippen LogP contribution in [0.2, 0.25) is 5.02 Å². The standard InChI is InChI=1S/C18H20ClNO2/c1-13-6-8-17(9-7-13)22-11-10-18(21)20-14(2)15-4-3-5-16(19)12-15/h3-9,12,14H,10-11H2,1-2H3,(H,20,21). The minimum Gasteiger partial charge on any atom is -0.493 e. The number of carbonyl (C=O) groups excluding carboxylic acids is 1. The highest BCUT2D eigenvalue weighted by atomic mass is 35.5. The Morgan fingerprint density at radius 2 is 1.95 bits per heavy atom. The molecule has 0 aliphatic carbocycles. The van der Waals surface area contributed by atoms with Gasteiger partial charge in [-0.25, -0.2) is 0 Å². The first-order valence-electron chi connectivity index (χ1n) is 7.29. The molecular weight excluding hydrogens is 298 g/mol. The third-order valence-corrected chi connectivity index (χ3v) is 3.58. The van der Waals surface area contributed by atoms with E-state index in [9.17, 15) is 4.79 Å². The molecule has 0 aliphatic heterocycles. The van der Waals surface area contributed by atoms with Crippen LogP contribution >= 0.6 is 11.6 Å². The number of halogens is 1. The van der Waals surface area contributed by atoms with Crippen molar-refractivity contribution in [3.63, 3.8) is 0 Å². The van der Waals surface area contributed by atoms with Gasteiger partial charge in [-0.15, -0.1) is 0 Å². The average Bonchev–Trinajstić information content (AvgIpc) is 2.49. The molecule has 3 nitrogen and oxygen atoms in total. The van der Waals surface area contributed by atoms with E-state index in [2.05, 4.69) is 5.32 Å². The highest BCUT2D eigenvalue weighted by Gasteiger charge is 2.10. The van der Waals surface area contributed by atoms with Gasteiger partial charge in [0.05, 0.1) is 19.1 Å². The van der Waals surface area contributed by atoms with Crippen molar-refractivity contribution in [2.24, 2.45) is 0 Å². The van der Waals surface area contributed by atoms with E-state index in [1.54, 1.807) is 0 Å². The third kappa shape index (κ3) is 5.08. The second-order valence-electron chi connectivity index (χ2n) is 5.26. The predicted octanol–water partition coefficient (Wildman–Crippen LogP) is 4.29. The number of benzene rings is 2. The zero-order chi connectivity index (χ0) is 15.9. The summed E-state index contributed by atoms with van der Waals surface area (Å²) in [6, 6.07) is 15.2. The molecule has 0 bridgehead atoms. The third-order valence-electron chi connectivity index (χ3n) is 3.35. The van der Waals surface area contributed by atoms with Crippen LogP contribution in [-0.4, -0.2) is 12.5 Å². The van der Waals surface area contributed by atoms with Crippen molar-refractivity contribution < 1.29 is 9.53 Å². The van der Waals surface area contributed by atoms with Crippen LogP contribution in [0.5, 0.6) is 5.75 Å². The fourth-order valence-electron chi connectivity index (χ4n) is 2.07. The van der Waals surface area contributed by atoms with Crippen molar-refractivity contribution in [3.05, 3.63) is 64.7 Å². The second kappa shape index (κ2) is 7.85. The number of ether oxygens (including phenoxy) is 1. The van der Waals surface area contributed by atoms with Crippen LogP contribution in [0.1, 0.15) is 30.5 Å². The van der Waals surface area contributed by atoms with Crippen LogP contribution in [-0.2, 0) is 4.79 Å². The number of hydrogen-bond acceptors (Lipinski definition) is 2. The summed E-state index contributed by atoms with van der Waals surface area (Å²) in [5, 5.41) is 3.61. The summed E-state index contributed by atoms with van der Waals surface area (Å²) in [4.78, 5) is 11.9. The Kier molecular flexibility index (Phi) is 5.84. The second-order valence-corrected chi connectivity index (χ2v) is 5.69. The Bertz CT molecular complexity index is 625. The molecule has 1 atom stereocenters. The topological polar surface area (TPSA) is 38.3 Å². The van der Waals surface area contributed by atoms with Gasteiger partial charge in [0, 0.05) is 5.02 Å². The molecule has 0 heterocycles. The highest BCUT2D eigenvalue weighted by molar-refractivity contribution is 6.30. The van der Waals surface area contributed by atoms with Crippen LogP contribution in [0.3, 0.4) is 0 Å². The number of nitrogens with one attached hydrogen (secondary N) is 1. The van der Waals surface area contributed by atoms with E-state index in [0.29, 0.717) is 18.1 Å². The molecule has 0 saturated carbocycles. The molecular formula is C18H20ClNO2. The molecule has 0 saturated heterocycles. The molecule has 0 aliphatic rings. The van der Waals surface area contributed by atoms with E-state index in [0.717, 1.165) is 11.3 Å². The molecule has 1 N–H and O–H groups in total. The molecule has 1 unspecified atom stereocenters. The van der Waals surface area contributed by atoms with Crippen LogP contribution in [0.25, 0.3) is 0 Å². The fourth-order valence-corrected chi connectivity index (χ4v) is 2.27. The average molecular weight is 318 g/mol. The number of carbonyl (C=O) groups is 1. The summed E-state index contributed by atoms with van der Waals surface area (Å²) < 4.78 is 5.56. The first-order chi connectivity index (χ1) is 10.5. The van der Waals surface area contributed by atoms with Gasteiger partial charge in [0.15, 0.2) is 0 Å². The number of aryl methyl sites for hydroxylation is 1. The van der Waals surface area contributed by atoms with Gasteiger partial charge in [-0.3, -0.25) is 4.79 Å². The Balaban J connectivity index is 1.76. The van der Waals surface area contributed by atoms with Crippen LogP contribution in [0.4, 0.5) is 0 Å². The smallest absolute Gasteiger partial charge is 0.223 e. The van der Waals surface area contributed by atoms with Gasteiger partial charge in [0.1, 0.15) is 5.75 Å². The largest absolute Gasteiger partial charge is 0.493 e. The molecule has 0 radical (unpaired) electrons. The van der Waals surface area contributed by atoms with Gasteiger partial charge < -0.3 is 10.1 Å². The lowest BCUT2D eigenvalue weighted by atomic mass is 10.1. The van der Waals surface area contributed by atoms with Crippen molar-refractivity contribution >= 4 is 17.5 Å². The minimum atomic E-state index is -0.0782. The molecule has 0 spiro atoms. The molecule has 1 amide bonds. The molecule has 2 aromatic rings. The first kappa shape index (κ1) is 16.4. The molecule has 4 heteroatoms. The van der Waals surface area contributed by atoms with Gasteiger partial charge in [0.2, 0.25) is 5.91 Å². The maximum Gasteiger partial charge on any atom is 0.223 e. The van der Waals surface area contributed by atoms with Crippen molar-refractivity contribution in [1.29, 1.82) is 0 Å². The number of rotatable bonds is 6. The number of hydrogen-bond donors (Lipinski definition) is 1. The zero-order valence-electron chi connectivity index (χ0n) is 12.8.